The minimum Gasteiger partial charge on any atom is -0.382 e. The third kappa shape index (κ3) is 7.02. The quantitative estimate of drug-likeness (QED) is 0.234. The number of rotatable bonds is 10. The molecule has 150 valence electrons. The van der Waals surface area contributed by atoms with E-state index in [0.29, 0.717) is 12.0 Å². The van der Waals surface area contributed by atoms with Gasteiger partial charge in [0.25, 0.3) is 0 Å². The lowest BCUT2D eigenvalue weighted by molar-refractivity contribution is 0.105. The Morgan fingerprint density at radius 2 is 2.04 bits per heavy atom. The Morgan fingerprint density at radius 1 is 1.27 bits per heavy atom. The smallest absolute Gasteiger partial charge is 0.191 e. The zero-order chi connectivity index (χ0) is 18.0. The van der Waals surface area contributed by atoms with E-state index in [0.717, 1.165) is 51.1 Å². The summed E-state index contributed by atoms with van der Waals surface area (Å²) in [7, 11) is 0. The molecule has 0 saturated heterocycles. The number of aryl methyl sites for hydroxylation is 1. The van der Waals surface area contributed by atoms with Crippen LogP contribution in [0.2, 0.25) is 0 Å². The van der Waals surface area contributed by atoms with Gasteiger partial charge in [-0.1, -0.05) is 12.8 Å². The van der Waals surface area contributed by atoms with Crippen molar-refractivity contribution in [1.82, 2.24) is 25.4 Å². The highest BCUT2D eigenvalue weighted by atomic mass is 127. The normalized spacial score (nSPS) is 16.3. The summed E-state index contributed by atoms with van der Waals surface area (Å²) < 4.78 is 7.63. The van der Waals surface area contributed by atoms with Gasteiger partial charge in [-0.15, -0.1) is 34.2 Å². The fourth-order valence-corrected chi connectivity index (χ4v) is 3.50. The summed E-state index contributed by atoms with van der Waals surface area (Å²) in [5, 5.41) is 15.0. The van der Waals surface area contributed by atoms with Gasteiger partial charge < -0.3 is 19.9 Å². The topological polar surface area (TPSA) is 76.4 Å². The van der Waals surface area contributed by atoms with Crippen molar-refractivity contribution in [2.45, 2.75) is 66.0 Å². The summed E-state index contributed by atoms with van der Waals surface area (Å²) >= 11 is 0. The Morgan fingerprint density at radius 3 is 2.69 bits per heavy atom. The lowest BCUT2D eigenvalue weighted by Gasteiger charge is -2.30. The molecule has 0 bridgehead atoms. The van der Waals surface area contributed by atoms with E-state index in [1.54, 1.807) is 6.33 Å². The van der Waals surface area contributed by atoms with Crippen LogP contribution in [0.5, 0.6) is 0 Å². The molecule has 26 heavy (non-hydrogen) atoms. The first-order chi connectivity index (χ1) is 12.2. The summed E-state index contributed by atoms with van der Waals surface area (Å²) in [6.45, 7) is 11.1. The van der Waals surface area contributed by atoms with Crippen LogP contribution in [-0.2, 0) is 17.8 Å². The average molecular weight is 478 g/mol. The first-order valence-corrected chi connectivity index (χ1v) is 9.69. The second-order valence-electron chi connectivity index (χ2n) is 6.74. The van der Waals surface area contributed by atoms with E-state index in [4.69, 9.17) is 9.73 Å². The van der Waals surface area contributed by atoms with E-state index >= 15 is 0 Å². The molecule has 0 amide bonds. The molecule has 1 heterocycles. The van der Waals surface area contributed by atoms with Gasteiger partial charge in [-0.25, -0.2) is 4.99 Å². The van der Waals surface area contributed by atoms with Crippen LogP contribution in [0.15, 0.2) is 11.3 Å². The number of guanidine groups is 1. The lowest BCUT2D eigenvalue weighted by Crippen LogP contribution is -2.43. The van der Waals surface area contributed by atoms with Gasteiger partial charge in [0.2, 0.25) is 0 Å². The SMILES string of the molecule is CCNC(=NCc1nncn1CC)NCC1(CCOCC)CCCC1.I. The number of aliphatic imine (C=N–C) groups is 1. The number of hydrogen-bond acceptors (Lipinski definition) is 4. The van der Waals surface area contributed by atoms with Gasteiger partial charge in [0.1, 0.15) is 12.9 Å². The maximum atomic E-state index is 5.61. The van der Waals surface area contributed by atoms with Crippen molar-refractivity contribution in [3.8, 4) is 0 Å². The van der Waals surface area contributed by atoms with Crippen LogP contribution < -0.4 is 10.6 Å². The molecule has 7 nitrogen and oxygen atoms in total. The predicted molar refractivity (Wildman–Crippen MR) is 116 cm³/mol. The largest absolute Gasteiger partial charge is 0.382 e. The van der Waals surface area contributed by atoms with Crippen molar-refractivity contribution in [2.24, 2.45) is 10.4 Å². The highest BCUT2D eigenvalue weighted by Crippen LogP contribution is 2.40. The molecule has 1 aromatic heterocycles. The van der Waals surface area contributed by atoms with E-state index in [1.165, 1.54) is 25.7 Å². The van der Waals surface area contributed by atoms with E-state index < -0.39 is 0 Å². The molecule has 1 saturated carbocycles. The first kappa shape index (κ1) is 23.1. The maximum absolute atomic E-state index is 5.61. The fourth-order valence-electron chi connectivity index (χ4n) is 3.50. The number of ether oxygens (including phenoxy) is 1. The third-order valence-electron chi connectivity index (χ3n) is 5.04. The van der Waals surface area contributed by atoms with Gasteiger partial charge in [0.15, 0.2) is 11.8 Å². The van der Waals surface area contributed by atoms with Gasteiger partial charge in [-0.05, 0) is 45.4 Å². The molecule has 0 spiro atoms. The van der Waals surface area contributed by atoms with E-state index in [-0.39, 0.29) is 24.0 Å². The number of aromatic nitrogens is 3. The van der Waals surface area contributed by atoms with Gasteiger partial charge in [0, 0.05) is 32.8 Å². The van der Waals surface area contributed by atoms with E-state index in [1.807, 2.05) is 4.57 Å². The van der Waals surface area contributed by atoms with Crippen LogP contribution in [-0.4, -0.2) is 47.0 Å². The van der Waals surface area contributed by atoms with Crippen molar-refractivity contribution in [3.63, 3.8) is 0 Å². The molecule has 0 unspecified atom stereocenters. The monoisotopic (exact) mass is 478 g/mol. The molecular formula is C18H35IN6O. The van der Waals surface area contributed by atoms with Gasteiger partial charge >= 0.3 is 0 Å². The molecule has 1 aromatic rings. The third-order valence-corrected chi connectivity index (χ3v) is 5.04. The molecule has 2 rings (SSSR count). The van der Waals surface area contributed by atoms with Gasteiger partial charge in [0.05, 0.1) is 0 Å². The Kier molecular flexibility index (Phi) is 11.1. The first-order valence-electron chi connectivity index (χ1n) is 9.69. The number of hydrogen-bond donors (Lipinski definition) is 2. The summed E-state index contributed by atoms with van der Waals surface area (Å²) in [5.41, 5.74) is 0.342. The summed E-state index contributed by atoms with van der Waals surface area (Å²) in [4.78, 5) is 4.69. The fraction of sp³-hybridized carbons (Fsp3) is 0.833. The van der Waals surface area contributed by atoms with Crippen molar-refractivity contribution in [3.05, 3.63) is 12.2 Å². The maximum Gasteiger partial charge on any atom is 0.191 e. The van der Waals surface area contributed by atoms with Crippen molar-refractivity contribution >= 4 is 29.9 Å². The minimum absolute atomic E-state index is 0. The van der Waals surface area contributed by atoms with Gasteiger partial charge in [-0.3, -0.25) is 0 Å². The Hall–Kier alpha value is -0.900. The second kappa shape index (κ2) is 12.5. The minimum atomic E-state index is 0. The van der Waals surface area contributed by atoms with Gasteiger partial charge in [-0.2, -0.15) is 0 Å². The van der Waals surface area contributed by atoms with Crippen LogP contribution in [0.25, 0.3) is 0 Å². The number of nitrogens with one attached hydrogen (secondary N) is 2. The molecule has 1 fully saturated rings. The van der Waals surface area contributed by atoms with Crippen LogP contribution in [0.1, 0.15) is 58.7 Å². The summed E-state index contributed by atoms with van der Waals surface area (Å²) in [6.07, 6.45) is 8.07. The molecule has 8 heteroatoms. The highest BCUT2D eigenvalue weighted by molar-refractivity contribution is 14.0. The lowest BCUT2D eigenvalue weighted by atomic mass is 9.83. The Balaban J connectivity index is 0.00000338. The predicted octanol–water partition coefficient (Wildman–Crippen LogP) is 2.96. The molecule has 1 aliphatic carbocycles. The zero-order valence-electron chi connectivity index (χ0n) is 16.5. The van der Waals surface area contributed by atoms with E-state index in [2.05, 4.69) is 41.6 Å². The molecule has 2 N–H and O–H groups in total. The molecule has 1 aliphatic rings. The Bertz CT molecular complexity index is 528. The molecular weight excluding hydrogens is 443 g/mol. The van der Waals surface area contributed by atoms with Crippen molar-refractivity contribution < 1.29 is 4.74 Å². The van der Waals surface area contributed by atoms with Crippen LogP contribution >= 0.6 is 24.0 Å². The van der Waals surface area contributed by atoms with Crippen LogP contribution in [0.4, 0.5) is 0 Å². The van der Waals surface area contributed by atoms with Crippen molar-refractivity contribution in [2.75, 3.05) is 26.3 Å². The number of halogens is 1. The molecule has 0 aliphatic heterocycles. The zero-order valence-corrected chi connectivity index (χ0v) is 18.8. The average Bonchev–Trinajstić information content (AvgIpc) is 3.27. The van der Waals surface area contributed by atoms with Crippen LogP contribution in [0, 0.1) is 5.41 Å². The summed E-state index contributed by atoms with van der Waals surface area (Å²) in [6, 6.07) is 0. The molecule has 0 radical (unpaired) electrons. The van der Waals surface area contributed by atoms with E-state index in [9.17, 15) is 0 Å². The standard InChI is InChI=1S/C18H34N6O.HI/c1-4-19-17(20-13-16-23-22-15-24(16)5-2)21-14-18(9-7-8-10-18)11-12-25-6-3;/h15H,4-14H2,1-3H3,(H2,19,20,21);1H. The van der Waals surface area contributed by atoms with Crippen LogP contribution in [0.3, 0.4) is 0 Å². The summed E-state index contributed by atoms with van der Waals surface area (Å²) in [5.74, 6) is 1.75. The number of nitrogens with zero attached hydrogens (tertiary/aromatic N) is 4. The highest BCUT2D eigenvalue weighted by Gasteiger charge is 2.33. The Labute approximate surface area is 174 Å². The molecule has 0 atom stereocenters. The second-order valence-corrected chi connectivity index (χ2v) is 6.74. The van der Waals surface area contributed by atoms with Crippen molar-refractivity contribution in [1.29, 1.82) is 0 Å². The molecule has 0 aromatic carbocycles.